The fourth-order valence-electron chi connectivity index (χ4n) is 1.54. The molecular weight excluding hydrogens is 228 g/mol. The van der Waals surface area contributed by atoms with Gasteiger partial charge in [-0.2, -0.15) is 0 Å². The Bertz CT molecular complexity index is 397. The van der Waals surface area contributed by atoms with Gasteiger partial charge < -0.3 is 16.2 Å². The van der Waals surface area contributed by atoms with Crippen LogP contribution in [0.15, 0.2) is 24.3 Å². The van der Waals surface area contributed by atoms with Gasteiger partial charge in [-0.05, 0) is 25.8 Å². The van der Waals surface area contributed by atoms with E-state index in [-0.39, 0.29) is 12.5 Å². The van der Waals surface area contributed by atoms with E-state index in [1.807, 2.05) is 38.1 Å². The van der Waals surface area contributed by atoms with Crippen LogP contribution in [0, 0.1) is 6.92 Å². The van der Waals surface area contributed by atoms with Crippen LogP contribution in [0.1, 0.15) is 37.4 Å². The van der Waals surface area contributed by atoms with E-state index in [0.717, 1.165) is 11.1 Å². The van der Waals surface area contributed by atoms with E-state index in [0.29, 0.717) is 6.42 Å². The Morgan fingerprint density at radius 2 is 2.00 bits per heavy atom. The number of aliphatic hydroxyl groups is 1. The van der Waals surface area contributed by atoms with Crippen molar-refractivity contribution in [2.24, 2.45) is 5.73 Å². The SMILES string of the molecule is CCC(C)(CO)NC(=O)C(N)c1ccc(C)cc1. The summed E-state index contributed by atoms with van der Waals surface area (Å²) in [5, 5.41) is 12.1. The van der Waals surface area contributed by atoms with Crippen LogP contribution in [0.3, 0.4) is 0 Å². The average molecular weight is 250 g/mol. The van der Waals surface area contributed by atoms with Gasteiger partial charge in [0.25, 0.3) is 0 Å². The predicted molar refractivity (Wildman–Crippen MR) is 72.0 cm³/mol. The maximum Gasteiger partial charge on any atom is 0.242 e. The Labute approximate surface area is 108 Å². The van der Waals surface area contributed by atoms with Crippen LogP contribution in [0.2, 0.25) is 0 Å². The minimum atomic E-state index is -0.706. The summed E-state index contributed by atoms with van der Waals surface area (Å²) in [6.07, 6.45) is 0.649. The number of rotatable bonds is 5. The van der Waals surface area contributed by atoms with Crippen molar-refractivity contribution < 1.29 is 9.90 Å². The van der Waals surface area contributed by atoms with Gasteiger partial charge >= 0.3 is 0 Å². The molecule has 1 rings (SSSR count). The molecule has 100 valence electrons. The summed E-state index contributed by atoms with van der Waals surface area (Å²) >= 11 is 0. The lowest BCUT2D eigenvalue weighted by Crippen LogP contribution is -2.51. The molecule has 2 unspecified atom stereocenters. The quantitative estimate of drug-likeness (QED) is 0.736. The molecule has 18 heavy (non-hydrogen) atoms. The summed E-state index contributed by atoms with van der Waals surface area (Å²) in [4.78, 5) is 12.0. The highest BCUT2D eigenvalue weighted by molar-refractivity contribution is 5.83. The molecule has 0 heterocycles. The van der Waals surface area contributed by atoms with Crippen LogP contribution in [0.25, 0.3) is 0 Å². The normalized spacial score (nSPS) is 15.8. The van der Waals surface area contributed by atoms with E-state index in [1.165, 1.54) is 0 Å². The maximum absolute atomic E-state index is 12.0. The van der Waals surface area contributed by atoms with Crippen molar-refractivity contribution in [1.82, 2.24) is 5.32 Å². The zero-order valence-electron chi connectivity index (χ0n) is 11.2. The Balaban J connectivity index is 2.75. The van der Waals surface area contributed by atoms with Crippen molar-refractivity contribution in [3.05, 3.63) is 35.4 Å². The molecule has 1 amide bonds. The second-order valence-electron chi connectivity index (χ2n) is 4.95. The fraction of sp³-hybridized carbons (Fsp3) is 0.500. The van der Waals surface area contributed by atoms with E-state index >= 15 is 0 Å². The highest BCUT2D eigenvalue weighted by atomic mass is 16.3. The van der Waals surface area contributed by atoms with Crippen molar-refractivity contribution >= 4 is 5.91 Å². The van der Waals surface area contributed by atoms with Gasteiger partial charge in [0, 0.05) is 0 Å². The number of nitrogens with two attached hydrogens (primary N) is 1. The predicted octanol–water partition coefficient (Wildman–Crippen LogP) is 1.27. The highest BCUT2D eigenvalue weighted by Gasteiger charge is 2.26. The summed E-state index contributed by atoms with van der Waals surface area (Å²) in [6.45, 7) is 5.59. The van der Waals surface area contributed by atoms with Crippen molar-refractivity contribution in [2.75, 3.05) is 6.61 Å². The van der Waals surface area contributed by atoms with Gasteiger partial charge in [0.1, 0.15) is 6.04 Å². The number of hydrogen-bond donors (Lipinski definition) is 3. The molecule has 0 aliphatic heterocycles. The zero-order chi connectivity index (χ0) is 13.8. The molecule has 1 aromatic rings. The summed E-state index contributed by atoms with van der Waals surface area (Å²) in [6, 6.07) is 6.84. The smallest absolute Gasteiger partial charge is 0.242 e. The highest BCUT2D eigenvalue weighted by Crippen LogP contribution is 2.14. The van der Waals surface area contributed by atoms with Crippen LogP contribution in [0.5, 0.6) is 0 Å². The third kappa shape index (κ3) is 3.55. The molecule has 0 fully saturated rings. The van der Waals surface area contributed by atoms with Crippen LogP contribution < -0.4 is 11.1 Å². The van der Waals surface area contributed by atoms with Crippen molar-refractivity contribution in [2.45, 2.75) is 38.8 Å². The maximum atomic E-state index is 12.0. The topological polar surface area (TPSA) is 75.3 Å². The Morgan fingerprint density at radius 3 is 2.44 bits per heavy atom. The number of nitrogens with one attached hydrogen (secondary N) is 1. The first-order chi connectivity index (χ1) is 8.41. The lowest BCUT2D eigenvalue weighted by atomic mass is 9.98. The van der Waals surface area contributed by atoms with E-state index in [9.17, 15) is 9.90 Å². The molecule has 0 aliphatic rings. The molecule has 2 atom stereocenters. The monoisotopic (exact) mass is 250 g/mol. The van der Waals surface area contributed by atoms with Gasteiger partial charge in [-0.3, -0.25) is 4.79 Å². The lowest BCUT2D eigenvalue weighted by Gasteiger charge is -2.28. The van der Waals surface area contributed by atoms with E-state index in [1.54, 1.807) is 6.92 Å². The molecule has 4 heteroatoms. The molecule has 0 saturated carbocycles. The zero-order valence-corrected chi connectivity index (χ0v) is 11.2. The minimum absolute atomic E-state index is 0.101. The first kappa shape index (κ1) is 14.7. The average Bonchev–Trinajstić information content (AvgIpc) is 2.38. The molecule has 0 spiro atoms. The molecule has 1 aromatic carbocycles. The molecule has 0 saturated heterocycles. The number of amides is 1. The van der Waals surface area contributed by atoms with E-state index in [4.69, 9.17) is 5.73 Å². The summed E-state index contributed by atoms with van der Waals surface area (Å²) in [7, 11) is 0. The molecule has 4 N–H and O–H groups in total. The minimum Gasteiger partial charge on any atom is -0.394 e. The summed E-state index contributed by atoms with van der Waals surface area (Å²) in [5.74, 6) is -0.266. The lowest BCUT2D eigenvalue weighted by molar-refractivity contribution is -0.124. The van der Waals surface area contributed by atoms with Gasteiger partial charge in [-0.25, -0.2) is 0 Å². The molecule has 4 nitrogen and oxygen atoms in total. The van der Waals surface area contributed by atoms with Crippen LogP contribution in [-0.2, 0) is 4.79 Å². The van der Waals surface area contributed by atoms with Crippen LogP contribution in [-0.4, -0.2) is 23.2 Å². The van der Waals surface area contributed by atoms with Gasteiger partial charge in [0.2, 0.25) is 5.91 Å². The fourth-order valence-corrected chi connectivity index (χ4v) is 1.54. The third-order valence-corrected chi connectivity index (χ3v) is 3.27. The first-order valence-corrected chi connectivity index (χ1v) is 6.17. The Hall–Kier alpha value is -1.39. The summed E-state index contributed by atoms with van der Waals surface area (Å²) in [5.41, 5.74) is 7.20. The molecule has 0 aliphatic carbocycles. The molecule has 0 aromatic heterocycles. The number of aryl methyl sites for hydroxylation is 1. The molecule has 0 radical (unpaired) electrons. The Morgan fingerprint density at radius 1 is 1.44 bits per heavy atom. The second-order valence-corrected chi connectivity index (χ2v) is 4.95. The number of aliphatic hydroxyl groups excluding tert-OH is 1. The Kier molecular flexibility index (Phi) is 4.87. The molecule has 0 bridgehead atoms. The number of carbonyl (C=O) groups excluding carboxylic acids is 1. The van der Waals surface area contributed by atoms with E-state index < -0.39 is 11.6 Å². The number of benzene rings is 1. The third-order valence-electron chi connectivity index (χ3n) is 3.27. The van der Waals surface area contributed by atoms with Crippen LogP contribution >= 0.6 is 0 Å². The number of carbonyl (C=O) groups is 1. The van der Waals surface area contributed by atoms with Crippen molar-refractivity contribution in [3.63, 3.8) is 0 Å². The first-order valence-electron chi connectivity index (χ1n) is 6.17. The van der Waals surface area contributed by atoms with Gasteiger partial charge in [-0.1, -0.05) is 36.8 Å². The largest absolute Gasteiger partial charge is 0.394 e. The molecular formula is C14H22N2O2. The van der Waals surface area contributed by atoms with Crippen molar-refractivity contribution in [1.29, 1.82) is 0 Å². The second kappa shape index (κ2) is 5.98. The van der Waals surface area contributed by atoms with Crippen LogP contribution in [0.4, 0.5) is 0 Å². The summed E-state index contributed by atoms with van der Waals surface area (Å²) < 4.78 is 0. The standard InChI is InChI=1S/C14H22N2O2/c1-4-14(3,9-17)16-13(18)12(15)11-7-5-10(2)6-8-11/h5-8,12,17H,4,9,15H2,1-3H3,(H,16,18). The van der Waals surface area contributed by atoms with Gasteiger partial charge in [0.15, 0.2) is 0 Å². The van der Waals surface area contributed by atoms with Gasteiger partial charge in [-0.15, -0.1) is 0 Å². The number of hydrogen-bond acceptors (Lipinski definition) is 3. The van der Waals surface area contributed by atoms with E-state index in [2.05, 4.69) is 5.32 Å². The van der Waals surface area contributed by atoms with Gasteiger partial charge in [0.05, 0.1) is 12.1 Å². The van der Waals surface area contributed by atoms with Crippen molar-refractivity contribution in [3.8, 4) is 0 Å².